The second kappa shape index (κ2) is 5.25. The lowest BCUT2D eigenvalue weighted by Gasteiger charge is -2.43. The standard InChI is InChI=1S/C16H21NO/c1-13-7-8-16-15(11-13)17(9-10-18-16)12-14-5-3-2-4-6-14/h2-7,15-16H,8-12H2,1H3. The second-order valence-corrected chi connectivity index (χ2v) is 5.42. The van der Waals surface area contributed by atoms with E-state index in [9.17, 15) is 0 Å². The third kappa shape index (κ3) is 2.50. The maximum atomic E-state index is 5.91. The molecular formula is C16H21NO. The van der Waals surface area contributed by atoms with Crippen molar-refractivity contribution < 1.29 is 4.74 Å². The molecule has 2 aliphatic rings. The summed E-state index contributed by atoms with van der Waals surface area (Å²) in [5.74, 6) is 0. The van der Waals surface area contributed by atoms with Crippen LogP contribution in [0.5, 0.6) is 0 Å². The Hall–Kier alpha value is -1.12. The Morgan fingerprint density at radius 1 is 1.28 bits per heavy atom. The summed E-state index contributed by atoms with van der Waals surface area (Å²) in [5.41, 5.74) is 2.92. The largest absolute Gasteiger partial charge is 0.375 e. The summed E-state index contributed by atoms with van der Waals surface area (Å²) < 4.78 is 5.91. The SMILES string of the molecule is CC1=CCC2OCCN(Cc3ccccc3)C2C1. The molecule has 1 aliphatic carbocycles. The van der Waals surface area contributed by atoms with E-state index in [1.807, 2.05) is 0 Å². The molecule has 1 aromatic rings. The van der Waals surface area contributed by atoms with Gasteiger partial charge in [0.2, 0.25) is 0 Å². The zero-order chi connectivity index (χ0) is 12.4. The van der Waals surface area contributed by atoms with E-state index in [2.05, 4.69) is 48.2 Å². The lowest BCUT2D eigenvalue weighted by Crippen LogP contribution is -2.51. The zero-order valence-corrected chi connectivity index (χ0v) is 11.0. The van der Waals surface area contributed by atoms with E-state index >= 15 is 0 Å². The number of ether oxygens (including phenoxy) is 1. The Morgan fingerprint density at radius 3 is 2.94 bits per heavy atom. The summed E-state index contributed by atoms with van der Waals surface area (Å²) in [6.07, 6.45) is 5.00. The quantitative estimate of drug-likeness (QED) is 0.740. The van der Waals surface area contributed by atoms with Crippen molar-refractivity contribution in [1.82, 2.24) is 4.90 Å². The summed E-state index contributed by atoms with van der Waals surface area (Å²) in [6, 6.07) is 11.3. The zero-order valence-electron chi connectivity index (χ0n) is 11.0. The molecule has 0 bridgehead atoms. The highest BCUT2D eigenvalue weighted by Gasteiger charge is 2.33. The van der Waals surface area contributed by atoms with E-state index in [-0.39, 0.29) is 0 Å². The molecule has 18 heavy (non-hydrogen) atoms. The number of hydrogen-bond donors (Lipinski definition) is 0. The van der Waals surface area contributed by atoms with Gasteiger partial charge in [0.05, 0.1) is 12.7 Å². The van der Waals surface area contributed by atoms with Crippen LogP contribution in [0.4, 0.5) is 0 Å². The second-order valence-electron chi connectivity index (χ2n) is 5.42. The van der Waals surface area contributed by atoms with Gasteiger partial charge in [-0.3, -0.25) is 4.90 Å². The highest BCUT2D eigenvalue weighted by Crippen LogP contribution is 2.29. The van der Waals surface area contributed by atoms with Crippen molar-refractivity contribution in [1.29, 1.82) is 0 Å². The van der Waals surface area contributed by atoms with Crippen LogP contribution in [0.3, 0.4) is 0 Å². The van der Waals surface area contributed by atoms with E-state index in [0.29, 0.717) is 12.1 Å². The third-order valence-corrected chi connectivity index (χ3v) is 4.07. The van der Waals surface area contributed by atoms with Crippen molar-refractivity contribution in [2.24, 2.45) is 0 Å². The molecule has 2 unspecified atom stereocenters. The van der Waals surface area contributed by atoms with Crippen LogP contribution >= 0.6 is 0 Å². The molecule has 1 heterocycles. The van der Waals surface area contributed by atoms with Crippen LogP contribution in [0.2, 0.25) is 0 Å². The molecule has 1 aliphatic heterocycles. The predicted molar refractivity (Wildman–Crippen MR) is 73.4 cm³/mol. The molecule has 0 saturated carbocycles. The Bertz CT molecular complexity index is 426. The molecule has 0 aromatic heterocycles. The molecular weight excluding hydrogens is 222 g/mol. The van der Waals surface area contributed by atoms with E-state index in [0.717, 1.165) is 32.5 Å². The molecule has 0 spiro atoms. The minimum atomic E-state index is 0.408. The lowest BCUT2D eigenvalue weighted by molar-refractivity contribution is -0.0754. The molecule has 2 atom stereocenters. The first-order valence-corrected chi connectivity index (χ1v) is 6.88. The van der Waals surface area contributed by atoms with Crippen molar-refractivity contribution in [2.75, 3.05) is 13.2 Å². The number of benzene rings is 1. The Kier molecular flexibility index (Phi) is 3.48. The van der Waals surface area contributed by atoms with E-state index in [1.54, 1.807) is 0 Å². The predicted octanol–water partition coefficient (Wildman–Crippen LogP) is 3.00. The first-order chi connectivity index (χ1) is 8.83. The van der Waals surface area contributed by atoms with Crippen LogP contribution in [0.1, 0.15) is 25.3 Å². The van der Waals surface area contributed by atoms with Crippen LogP contribution in [0, 0.1) is 0 Å². The van der Waals surface area contributed by atoms with Crippen LogP contribution in [-0.2, 0) is 11.3 Å². The topological polar surface area (TPSA) is 12.5 Å². The van der Waals surface area contributed by atoms with Crippen molar-refractivity contribution in [2.45, 2.75) is 38.5 Å². The maximum absolute atomic E-state index is 5.91. The number of fused-ring (bicyclic) bond motifs is 1. The van der Waals surface area contributed by atoms with Crippen molar-refractivity contribution >= 4 is 0 Å². The Balaban J connectivity index is 1.73. The summed E-state index contributed by atoms with van der Waals surface area (Å²) in [5, 5.41) is 0. The van der Waals surface area contributed by atoms with Gasteiger partial charge in [-0.05, 0) is 25.3 Å². The molecule has 1 fully saturated rings. The highest BCUT2D eigenvalue weighted by molar-refractivity contribution is 5.16. The van der Waals surface area contributed by atoms with Crippen LogP contribution in [-0.4, -0.2) is 30.2 Å². The first-order valence-electron chi connectivity index (χ1n) is 6.88. The van der Waals surface area contributed by atoms with E-state index in [1.165, 1.54) is 11.1 Å². The molecule has 1 saturated heterocycles. The number of nitrogens with zero attached hydrogens (tertiary/aromatic N) is 1. The van der Waals surface area contributed by atoms with Crippen molar-refractivity contribution in [3.05, 3.63) is 47.5 Å². The summed E-state index contributed by atoms with van der Waals surface area (Å²) in [7, 11) is 0. The van der Waals surface area contributed by atoms with Crippen molar-refractivity contribution in [3.63, 3.8) is 0 Å². The van der Waals surface area contributed by atoms with Crippen LogP contribution in [0.25, 0.3) is 0 Å². The number of rotatable bonds is 2. The molecule has 0 radical (unpaired) electrons. The summed E-state index contributed by atoms with van der Waals surface area (Å²) >= 11 is 0. The molecule has 0 N–H and O–H groups in total. The minimum absolute atomic E-state index is 0.408. The smallest absolute Gasteiger partial charge is 0.0768 e. The van der Waals surface area contributed by atoms with E-state index in [4.69, 9.17) is 4.74 Å². The van der Waals surface area contributed by atoms with Gasteiger partial charge in [-0.2, -0.15) is 0 Å². The molecule has 0 amide bonds. The maximum Gasteiger partial charge on any atom is 0.0768 e. The summed E-state index contributed by atoms with van der Waals surface area (Å²) in [6.45, 7) is 5.23. The van der Waals surface area contributed by atoms with Crippen molar-refractivity contribution in [3.8, 4) is 0 Å². The first kappa shape index (κ1) is 11.9. The van der Waals surface area contributed by atoms with Gasteiger partial charge in [-0.25, -0.2) is 0 Å². The van der Waals surface area contributed by atoms with Gasteiger partial charge in [0, 0.05) is 19.1 Å². The van der Waals surface area contributed by atoms with Gasteiger partial charge < -0.3 is 4.74 Å². The fourth-order valence-electron chi connectivity index (χ4n) is 3.06. The monoisotopic (exact) mass is 243 g/mol. The van der Waals surface area contributed by atoms with Gasteiger partial charge in [0.1, 0.15) is 0 Å². The van der Waals surface area contributed by atoms with Gasteiger partial charge >= 0.3 is 0 Å². The van der Waals surface area contributed by atoms with Crippen LogP contribution in [0.15, 0.2) is 42.0 Å². The number of morpholine rings is 1. The molecule has 2 heteroatoms. The summed E-state index contributed by atoms with van der Waals surface area (Å²) in [4.78, 5) is 2.60. The molecule has 2 nitrogen and oxygen atoms in total. The lowest BCUT2D eigenvalue weighted by atomic mass is 9.90. The average molecular weight is 243 g/mol. The van der Waals surface area contributed by atoms with Gasteiger partial charge in [0.25, 0.3) is 0 Å². The normalized spacial score (nSPS) is 28.6. The van der Waals surface area contributed by atoms with Gasteiger partial charge in [-0.1, -0.05) is 42.0 Å². The third-order valence-electron chi connectivity index (χ3n) is 4.07. The van der Waals surface area contributed by atoms with E-state index < -0.39 is 0 Å². The molecule has 96 valence electrons. The fraction of sp³-hybridized carbons (Fsp3) is 0.500. The Labute approximate surface area is 109 Å². The fourth-order valence-corrected chi connectivity index (χ4v) is 3.06. The average Bonchev–Trinajstić information content (AvgIpc) is 2.41. The van der Waals surface area contributed by atoms with Gasteiger partial charge in [-0.15, -0.1) is 0 Å². The molecule has 3 rings (SSSR count). The van der Waals surface area contributed by atoms with Crippen LogP contribution < -0.4 is 0 Å². The highest BCUT2D eigenvalue weighted by atomic mass is 16.5. The minimum Gasteiger partial charge on any atom is -0.375 e. The molecule has 1 aromatic carbocycles. The number of hydrogen-bond acceptors (Lipinski definition) is 2. The van der Waals surface area contributed by atoms with Gasteiger partial charge in [0.15, 0.2) is 0 Å². The Morgan fingerprint density at radius 2 is 2.11 bits per heavy atom.